The molecule has 94 valence electrons. The molecule has 2 aliphatic rings. The molecule has 0 aromatic rings. The molecule has 16 heavy (non-hydrogen) atoms. The maximum absolute atomic E-state index is 11.8. The second kappa shape index (κ2) is 5.84. The SMILES string of the molecule is CC1(CNC(=O)C2CCNC2)CCOC1.Cl. The van der Waals surface area contributed by atoms with Crippen molar-refractivity contribution in [3.63, 3.8) is 0 Å². The summed E-state index contributed by atoms with van der Waals surface area (Å²) < 4.78 is 5.35. The lowest BCUT2D eigenvalue weighted by Gasteiger charge is -2.22. The first-order valence-electron chi connectivity index (χ1n) is 5.76. The Balaban J connectivity index is 0.00000128. The number of halogens is 1. The number of hydrogen-bond donors (Lipinski definition) is 2. The molecule has 1 amide bonds. The molecule has 2 aliphatic heterocycles. The van der Waals surface area contributed by atoms with Gasteiger partial charge in [-0.1, -0.05) is 6.92 Å². The smallest absolute Gasteiger partial charge is 0.224 e. The predicted octanol–water partition coefficient (Wildman–Crippen LogP) is 0.560. The summed E-state index contributed by atoms with van der Waals surface area (Å²) in [6.07, 6.45) is 2.02. The van der Waals surface area contributed by atoms with Crippen molar-refractivity contribution < 1.29 is 9.53 Å². The molecule has 0 aliphatic carbocycles. The number of rotatable bonds is 3. The molecule has 0 spiro atoms. The fraction of sp³-hybridized carbons (Fsp3) is 0.909. The average Bonchev–Trinajstić information content (AvgIpc) is 2.85. The Kier molecular flexibility index (Phi) is 5.02. The van der Waals surface area contributed by atoms with Crippen LogP contribution in [0, 0.1) is 11.3 Å². The summed E-state index contributed by atoms with van der Waals surface area (Å²) in [6, 6.07) is 0. The molecule has 5 heteroatoms. The lowest BCUT2D eigenvalue weighted by atomic mass is 9.90. The summed E-state index contributed by atoms with van der Waals surface area (Å²) in [7, 11) is 0. The number of ether oxygens (including phenoxy) is 1. The van der Waals surface area contributed by atoms with Gasteiger partial charge in [0.15, 0.2) is 0 Å². The van der Waals surface area contributed by atoms with Crippen LogP contribution < -0.4 is 10.6 Å². The van der Waals surface area contributed by atoms with Gasteiger partial charge in [-0.25, -0.2) is 0 Å². The predicted molar refractivity (Wildman–Crippen MR) is 64.8 cm³/mol. The highest BCUT2D eigenvalue weighted by Crippen LogP contribution is 2.26. The van der Waals surface area contributed by atoms with E-state index >= 15 is 0 Å². The quantitative estimate of drug-likeness (QED) is 0.768. The maximum atomic E-state index is 11.8. The standard InChI is InChI=1S/C11H20N2O2.ClH/c1-11(3-5-15-8-11)7-13-10(14)9-2-4-12-6-9;/h9,12H,2-8H2,1H3,(H,13,14);1H. The number of carbonyl (C=O) groups excluding carboxylic acids is 1. The molecule has 2 saturated heterocycles. The van der Waals surface area contributed by atoms with Crippen molar-refractivity contribution in [3.05, 3.63) is 0 Å². The molecule has 0 aromatic heterocycles. The van der Waals surface area contributed by atoms with Gasteiger partial charge in [0.05, 0.1) is 12.5 Å². The molecule has 0 radical (unpaired) electrons. The zero-order valence-corrected chi connectivity index (χ0v) is 10.6. The van der Waals surface area contributed by atoms with Crippen LogP contribution in [0.25, 0.3) is 0 Å². The molecule has 2 fully saturated rings. The number of hydrogen-bond acceptors (Lipinski definition) is 3. The van der Waals surface area contributed by atoms with Gasteiger partial charge >= 0.3 is 0 Å². The van der Waals surface area contributed by atoms with Crippen molar-refractivity contribution in [1.82, 2.24) is 10.6 Å². The van der Waals surface area contributed by atoms with E-state index in [4.69, 9.17) is 4.74 Å². The highest BCUT2D eigenvalue weighted by Gasteiger charge is 2.31. The van der Waals surface area contributed by atoms with E-state index in [0.717, 1.165) is 45.7 Å². The molecule has 0 aromatic carbocycles. The zero-order chi connectivity index (χ0) is 10.7. The summed E-state index contributed by atoms with van der Waals surface area (Å²) >= 11 is 0. The van der Waals surface area contributed by atoms with Gasteiger partial charge in [-0.2, -0.15) is 0 Å². The van der Waals surface area contributed by atoms with Crippen molar-refractivity contribution in [2.24, 2.45) is 11.3 Å². The van der Waals surface area contributed by atoms with Gasteiger partial charge in [-0.3, -0.25) is 4.79 Å². The van der Waals surface area contributed by atoms with Crippen LogP contribution in [0.1, 0.15) is 19.8 Å². The second-order valence-electron chi connectivity index (χ2n) is 5.02. The Hall–Kier alpha value is -0.320. The molecular formula is C11H21ClN2O2. The minimum absolute atomic E-state index is 0. The first-order chi connectivity index (χ1) is 7.20. The molecule has 0 bridgehead atoms. The van der Waals surface area contributed by atoms with Gasteiger partial charge in [-0.05, 0) is 19.4 Å². The first kappa shape index (κ1) is 13.7. The Morgan fingerprint density at radius 2 is 2.44 bits per heavy atom. The fourth-order valence-corrected chi connectivity index (χ4v) is 2.17. The Labute approximate surface area is 103 Å². The van der Waals surface area contributed by atoms with Crippen molar-refractivity contribution >= 4 is 18.3 Å². The monoisotopic (exact) mass is 248 g/mol. The molecule has 0 saturated carbocycles. The summed E-state index contributed by atoms with van der Waals surface area (Å²) in [5.74, 6) is 0.379. The average molecular weight is 249 g/mol. The van der Waals surface area contributed by atoms with Crippen LogP contribution in [-0.4, -0.2) is 38.8 Å². The third kappa shape index (κ3) is 3.34. The molecular weight excluding hydrogens is 228 g/mol. The van der Waals surface area contributed by atoms with Crippen LogP contribution in [-0.2, 0) is 9.53 Å². The maximum Gasteiger partial charge on any atom is 0.224 e. The van der Waals surface area contributed by atoms with Gasteiger partial charge in [0.25, 0.3) is 0 Å². The summed E-state index contributed by atoms with van der Waals surface area (Å²) in [6.45, 7) is 6.33. The van der Waals surface area contributed by atoms with E-state index in [1.807, 2.05) is 0 Å². The Morgan fingerprint density at radius 3 is 3.00 bits per heavy atom. The Bertz CT molecular complexity index is 236. The van der Waals surface area contributed by atoms with E-state index in [2.05, 4.69) is 17.6 Å². The van der Waals surface area contributed by atoms with Gasteiger partial charge in [0.1, 0.15) is 0 Å². The summed E-state index contributed by atoms with van der Waals surface area (Å²) in [5, 5.41) is 6.25. The second-order valence-corrected chi connectivity index (χ2v) is 5.02. The third-order valence-corrected chi connectivity index (χ3v) is 3.42. The molecule has 2 unspecified atom stereocenters. The van der Waals surface area contributed by atoms with E-state index < -0.39 is 0 Å². The van der Waals surface area contributed by atoms with E-state index in [1.54, 1.807) is 0 Å². The highest BCUT2D eigenvalue weighted by molar-refractivity contribution is 5.85. The lowest BCUT2D eigenvalue weighted by Crippen LogP contribution is -2.39. The zero-order valence-electron chi connectivity index (χ0n) is 9.75. The minimum atomic E-state index is 0. The minimum Gasteiger partial charge on any atom is -0.381 e. The van der Waals surface area contributed by atoms with Crippen molar-refractivity contribution in [3.8, 4) is 0 Å². The van der Waals surface area contributed by atoms with Crippen LogP contribution in [0.5, 0.6) is 0 Å². The fourth-order valence-electron chi connectivity index (χ4n) is 2.17. The van der Waals surface area contributed by atoms with Gasteiger partial charge in [0, 0.05) is 25.1 Å². The molecule has 2 heterocycles. The summed E-state index contributed by atoms with van der Waals surface area (Å²) in [4.78, 5) is 11.8. The van der Waals surface area contributed by atoms with Gasteiger partial charge in [0.2, 0.25) is 5.91 Å². The van der Waals surface area contributed by atoms with Crippen LogP contribution >= 0.6 is 12.4 Å². The van der Waals surface area contributed by atoms with Gasteiger partial charge in [-0.15, -0.1) is 12.4 Å². The first-order valence-corrected chi connectivity index (χ1v) is 5.76. The van der Waals surface area contributed by atoms with E-state index in [9.17, 15) is 4.79 Å². The number of nitrogens with one attached hydrogen (secondary N) is 2. The van der Waals surface area contributed by atoms with Crippen molar-refractivity contribution in [2.45, 2.75) is 19.8 Å². The number of carbonyl (C=O) groups is 1. The highest BCUT2D eigenvalue weighted by atomic mass is 35.5. The van der Waals surface area contributed by atoms with Crippen LogP contribution in [0.4, 0.5) is 0 Å². The van der Waals surface area contributed by atoms with Crippen molar-refractivity contribution in [2.75, 3.05) is 32.8 Å². The van der Waals surface area contributed by atoms with Gasteiger partial charge < -0.3 is 15.4 Å². The normalized spacial score (nSPS) is 33.4. The topological polar surface area (TPSA) is 50.4 Å². The van der Waals surface area contributed by atoms with Crippen LogP contribution in [0.3, 0.4) is 0 Å². The lowest BCUT2D eigenvalue weighted by molar-refractivity contribution is -0.124. The summed E-state index contributed by atoms with van der Waals surface area (Å²) in [5.41, 5.74) is 0.154. The van der Waals surface area contributed by atoms with E-state index in [1.165, 1.54) is 0 Å². The molecule has 4 nitrogen and oxygen atoms in total. The molecule has 2 N–H and O–H groups in total. The van der Waals surface area contributed by atoms with Crippen LogP contribution in [0.2, 0.25) is 0 Å². The largest absolute Gasteiger partial charge is 0.381 e. The van der Waals surface area contributed by atoms with Crippen molar-refractivity contribution in [1.29, 1.82) is 0 Å². The third-order valence-electron chi connectivity index (χ3n) is 3.42. The van der Waals surface area contributed by atoms with E-state index in [-0.39, 0.29) is 29.6 Å². The van der Waals surface area contributed by atoms with E-state index in [0.29, 0.717) is 0 Å². The number of amides is 1. The van der Waals surface area contributed by atoms with Crippen LogP contribution in [0.15, 0.2) is 0 Å². The Morgan fingerprint density at radius 1 is 1.62 bits per heavy atom. The molecule has 2 rings (SSSR count). The molecule has 2 atom stereocenters.